The third-order valence-electron chi connectivity index (χ3n) is 3.85. The molecule has 0 aliphatic carbocycles. The van der Waals surface area contributed by atoms with E-state index in [2.05, 4.69) is 4.74 Å². The number of nitrogens with two attached hydrogens (primary N) is 1. The second kappa shape index (κ2) is 8.58. The van der Waals surface area contributed by atoms with Gasteiger partial charge in [0.2, 0.25) is 5.91 Å². The van der Waals surface area contributed by atoms with Crippen LogP contribution in [-0.4, -0.2) is 60.9 Å². The average Bonchev–Trinajstić information content (AvgIpc) is 2.59. The maximum atomic E-state index is 12.5. The van der Waals surface area contributed by atoms with E-state index in [-0.39, 0.29) is 23.1 Å². The van der Waals surface area contributed by atoms with E-state index in [1.807, 2.05) is 0 Å². The van der Waals surface area contributed by atoms with Crippen molar-refractivity contribution in [3.05, 3.63) is 29.8 Å². The van der Waals surface area contributed by atoms with Gasteiger partial charge in [0.1, 0.15) is 5.75 Å². The molecule has 1 heterocycles. The van der Waals surface area contributed by atoms with E-state index in [0.717, 1.165) is 0 Å². The van der Waals surface area contributed by atoms with E-state index in [4.69, 9.17) is 5.73 Å². The van der Waals surface area contributed by atoms with Crippen LogP contribution in [0.15, 0.2) is 24.3 Å². The molecule has 0 radical (unpaired) electrons. The van der Waals surface area contributed by atoms with Crippen molar-refractivity contribution in [2.45, 2.75) is 19.5 Å². The number of hydrogen-bond donors (Lipinski definition) is 1. The number of rotatable bonds is 6. The molecule has 0 bridgehead atoms. The minimum atomic E-state index is -2.99. The highest BCUT2D eigenvalue weighted by Gasteiger charge is 2.26. The standard InChI is InChI=1S/C16H21F2N3O3/c17-16(18)24-13-5-2-1-4-12(13)15(23)21-10-8-20(9-11-21)14(22)6-3-7-19/h1-2,4-5,16H,3,6-11,19H2. The van der Waals surface area contributed by atoms with Crippen molar-refractivity contribution < 1.29 is 23.1 Å². The zero-order valence-corrected chi connectivity index (χ0v) is 13.3. The Hall–Kier alpha value is -2.22. The van der Waals surface area contributed by atoms with Crippen LogP contribution in [0, 0.1) is 0 Å². The fourth-order valence-corrected chi connectivity index (χ4v) is 2.58. The van der Waals surface area contributed by atoms with Gasteiger partial charge in [0.25, 0.3) is 5.91 Å². The Kier molecular flexibility index (Phi) is 6.48. The van der Waals surface area contributed by atoms with Crippen molar-refractivity contribution in [1.29, 1.82) is 0 Å². The van der Waals surface area contributed by atoms with Crippen LogP contribution in [0.25, 0.3) is 0 Å². The summed E-state index contributed by atoms with van der Waals surface area (Å²) < 4.78 is 29.3. The van der Waals surface area contributed by atoms with Crippen molar-refractivity contribution in [1.82, 2.24) is 9.80 Å². The molecular weight excluding hydrogens is 320 g/mol. The Morgan fingerprint density at radius 1 is 1.12 bits per heavy atom. The molecule has 1 aromatic carbocycles. The van der Waals surface area contributed by atoms with Crippen LogP contribution in [0.5, 0.6) is 5.75 Å². The van der Waals surface area contributed by atoms with Crippen LogP contribution in [0.1, 0.15) is 23.2 Å². The fraction of sp³-hybridized carbons (Fsp3) is 0.500. The molecule has 0 atom stereocenters. The Labute approximate surface area is 139 Å². The molecule has 1 aromatic rings. The first kappa shape index (κ1) is 18.1. The van der Waals surface area contributed by atoms with Crippen LogP contribution >= 0.6 is 0 Å². The molecule has 2 N–H and O–H groups in total. The summed E-state index contributed by atoms with van der Waals surface area (Å²) in [5.41, 5.74) is 5.49. The number of benzene rings is 1. The highest BCUT2D eigenvalue weighted by atomic mass is 19.3. The summed E-state index contributed by atoms with van der Waals surface area (Å²) in [5, 5.41) is 0. The number of carbonyl (C=O) groups excluding carboxylic acids is 2. The maximum Gasteiger partial charge on any atom is 0.387 e. The van der Waals surface area contributed by atoms with Gasteiger partial charge in [-0.2, -0.15) is 8.78 Å². The maximum absolute atomic E-state index is 12.5. The molecule has 0 saturated carbocycles. The number of amides is 2. The van der Waals surface area contributed by atoms with Gasteiger partial charge in [0, 0.05) is 32.6 Å². The number of hydrogen-bond acceptors (Lipinski definition) is 4. The van der Waals surface area contributed by atoms with Crippen molar-refractivity contribution in [2.75, 3.05) is 32.7 Å². The monoisotopic (exact) mass is 341 g/mol. The number of ether oxygens (including phenoxy) is 1. The predicted octanol–water partition coefficient (Wildman–Crippen LogP) is 1.31. The lowest BCUT2D eigenvalue weighted by atomic mass is 10.1. The molecule has 24 heavy (non-hydrogen) atoms. The summed E-state index contributed by atoms with van der Waals surface area (Å²) in [5.74, 6) is -0.492. The lowest BCUT2D eigenvalue weighted by Crippen LogP contribution is -2.50. The normalized spacial score (nSPS) is 14.8. The fourth-order valence-electron chi connectivity index (χ4n) is 2.58. The average molecular weight is 341 g/mol. The zero-order chi connectivity index (χ0) is 17.5. The Morgan fingerprint density at radius 2 is 1.75 bits per heavy atom. The zero-order valence-electron chi connectivity index (χ0n) is 13.3. The van der Waals surface area contributed by atoms with Crippen molar-refractivity contribution in [2.24, 2.45) is 5.73 Å². The number of piperazine rings is 1. The van der Waals surface area contributed by atoms with Gasteiger partial charge in [-0.25, -0.2) is 0 Å². The molecule has 6 nitrogen and oxygen atoms in total. The molecule has 1 aliphatic rings. The van der Waals surface area contributed by atoms with Gasteiger partial charge in [-0.15, -0.1) is 0 Å². The molecule has 0 aromatic heterocycles. The molecule has 8 heteroatoms. The summed E-state index contributed by atoms with van der Waals surface area (Å²) in [4.78, 5) is 27.7. The summed E-state index contributed by atoms with van der Waals surface area (Å²) in [6.45, 7) is -0.964. The third kappa shape index (κ3) is 4.64. The van der Waals surface area contributed by atoms with Gasteiger partial charge >= 0.3 is 6.61 Å². The molecule has 0 unspecified atom stereocenters. The van der Waals surface area contributed by atoms with Gasteiger partial charge in [0.05, 0.1) is 5.56 Å². The molecule has 1 saturated heterocycles. The SMILES string of the molecule is NCCCC(=O)N1CCN(C(=O)c2ccccc2OC(F)F)CC1. The van der Waals surface area contributed by atoms with Gasteiger partial charge in [-0.1, -0.05) is 12.1 Å². The van der Waals surface area contributed by atoms with Gasteiger partial charge in [0.15, 0.2) is 0 Å². The van der Waals surface area contributed by atoms with Crippen LogP contribution in [0.2, 0.25) is 0 Å². The van der Waals surface area contributed by atoms with E-state index in [0.29, 0.717) is 45.6 Å². The number of para-hydroxylation sites is 1. The largest absolute Gasteiger partial charge is 0.434 e. The smallest absolute Gasteiger partial charge is 0.387 e. The summed E-state index contributed by atoms with van der Waals surface area (Å²) in [6.07, 6.45) is 1.03. The van der Waals surface area contributed by atoms with E-state index in [9.17, 15) is 18.4 Å². The van der Waals surface area contributed by atoms with Gasteiger partial charge in [-0.3, -0.25) is 9.59 Å². The second-order valence-electron chi connectivity index (χ2n) is 5.44. The van der Waals surface area contributed by atoms with Crippen LogP contribution in [0.4, 0.5) is 8.78 Å². The van der Waals surface area contributed by atoms with Crippen molar-refractivity contribution in [3.63, 3.8) is 0 Å². The topological polar surface area (TPSA) is 75.9 Å². The molecule has 1 fully saturated rings. The van der Waals surface area contributed by atoms with Crippen molar-refractivity contribution >= 4 is 11.8 Å². The van der Waals surface area contributed by atoms with E-state index >= 15 is 0 Å². The Morgan fingerprint density at radius 3 is 2.38 bits per heavy atom. The van der Waals surface area contributed by atoms with Crippen molar-refractivity contribution in [3.8, 4) is 5.75 Å². The Balaban J connectivity index is 1.97. The first-order chi connectivity index (χ1) is 11.5. The predicted molar refractivity (Wildman–Crippen MR) is 83.8 cm³/mol. The molecular formula is C16H21F2N3O3. The highest BCUT2D eigenvalue weighted by Crippen LogP contribution is 2.22. The van der Waals surface area contributed by atoms with E-state index in [1.54, 1.807) is 15.9 Å². The molecule has 132 valence electrons. The summed E-state index contributed by atoms with van der Waals surface area (Å²) in [7, 11) is 0. The van der Waals surface area contributed by atoms with Gasteiger partial charge in [-0.05, 0) is 25.1 Å². The number of alkyl halides is 2. The van der Waals surface area contributed by atoms with Crippen LogP contribution < -0.4 is 10.5 Å². The highest BCUT2D eigenvalue weighted by molar-refractivity contribution is 5.97. The number of halogens is 2. The third-order valence-corrected chi connectivity index (χ3v) is 3.85. The minimum absolute atomic E-state index is 0.0222. The minimum Gasteiger partial charge on any atom is -0.434 e. The first-order valence-corrected chi connectivity index (χ1v) is 7.84. The Bertz CT molecular complexity index is 575. The van der Waals surface area contributed by atoms with E-state index in [1.165, 1.54) is 18.2 Å². The van der Waals surface area contributed by atoms with Crippen LogP contribution in [-0.2, 0) is 4.79 Å². The second-order valence-corrected chi connectivity index (χ2v) is 5.44. The summed E-state index contributed by atoms with van der Waals surface area (Å²) >= 11 is 0. The molecule has 2 amide bonds. The number of carbonyl (C=O) groups is 2. The lowest BCUT2D eigenvalue weighted by molar-refractivity contribution is -0.132. The summed E-state index contributed by atoms with van der Waals surface area (Å²) in [6, 6.07) is 5.92. The molecule has 2 rings (SSSR count). The van der Waals surface area contributed by atoms with Gasteiger partial charge < -0.3 is 20.3 Å². The van der Waals surface area contributed by atoms with Crippen LogP contribution in [0.3, 0.4) is 0 Å². The molecule has 1 aliphatic heterocycles. The quantitative estimate of drug-likeness (QED) is 0.846. The van der Waals surface area contributed by atoms with E-state index < -0.39 is 6.61 Å². The lowest BCUT2D eigenvalue weighted by Gasteiger charge is -2.35. The first-order valence-electron chi connectivity index (χ1n) is 7.84. The number of nitrogens with zero attached hydrogens (tertiary/aromatic N) is 2. The molecule has 0 spiro atoms.